The van der Waals surface area contributed by atoms with Crippen LogP contribution in [0.3, 0.4) is 0 Å². The lowest BCUT2D eigenvalue weighted by Gasteiger charge is -2.11. The summed E-state index contributed by atoms with van der Waals surface area (Å²) in [6.07, 6.45) is 11.5. The van der Waals surface area contributed by atoms with Crippen LogP contribution in [0.5, 0.6) is 0 Å². The van der Waals surface area contributed by atoms with E-state index in [2.05, 4.69) is 37.3 Å². The van der Waals surface area contributed by atoms with Crippen molar-refractivity contribution in [3.63, 3.8) is 0 Å². The van der Waals surface area contributed by atoms with Gasteiger partial charge in [-0.2, -0.15) is 0 Å². The molecular weight excluding hydrogens is 415 g/mol. The lowest BCUT2D eigenvalue weighted by molar-refractivity contribution is 0.583. The fourth-order valence-corrected chi connectivity index (χ4v) is 3.01. The molecular formula is C17H33IN6. The highest BCUT2D eigenvalue weighted by atomic mass is 127. The Bertz CT molecular complexity index is 485. The van der Waals surface area contributed by atoms with Crippen LogP contribution in [0, 0.1) is 0 Å². The van der Waals surface area contributed by atoms with Crippen LogP contribution < -0.4 is 10.6 Å². The monoisotopic (exact) mass is 448 g/mol. The Kier molecular flexibility index (Phi) is 11.0. The van der Waals surface area contributed by atoms with Gasteiger partial charge in [-0.15, -0.1) is 34.2 Å². The summed E-state index contributed by atoms with van der Waals surface area (Å²) in [5.41, 5.74) is 0. The van der Waals surface area contributed by atoms with Gasteiger partial charge in [0.25, 0.3) is 0 Å². The Morgan fingerprint density at radius 2 is 1.83 bits per heavy atom. The van der Waals surface area contributed by atoms with E-state index in [0.29, 0.717) is 6.54 Å². The SMILES string of the molecule is CCCCCCCCCNC(=NC)NCc1nnc2n1CCC2.I. The second-order valence-electron chi connectivity index (χ2n) is 6.26. The molecule has 7 heteroatoms. The van der Waals surface area contributed by atoms with Crippen molar-refractivity contribution in [3.8, 4) is 0 Å². The molecule has 0 saturated carbocycles. The number of aliphatic imine (C=N–C) groups is 1. The molecule has 0 radical (unpaired) electrons. The molecule has 24 heavy (non-hydrogen) atoms. The molecule has 0 aliphatic carbocycles. The molecule has 1 aliphatic heterocycles. The number of guanidine groups is 1. The molecule has 0 amide bonds. The minimum Gasteiger partial charge on any atom is -0.356 e. The van der Waals surface area contributed by atoms with Crippen molar-refractivity contribution in [1.82, 2.24) is 25.4 Å². The van der Waals surface area contributed by atoms with E-state index in [-0.39, 0.29) is 24.0 Å². The fourth-order valence-electron chi connectivity index (χ4n) is 3.01. The van der Waals surface area contributed by atoms with Crippen LogP contribution in [0.2, 0.25) is 0 Å². The highest BCUT2D eigenvalue weighted by molar-refractivity contribution is 14.0. The molecule has 1 aromatic rings. The molecule has 0 atom stereocenters. The molecule has 0 spiro atoms. The smallest absolute Gasteiger partial charge is 0.191 e. The molecule has 0 aromatic carbocycles. The zero-order chi connectivity index (χ0) is 16.3. The van der Waals surface area contributed by atoms with Crippen LogP contribution in [0.1, 0.15) is 69.9 Å². The molecule has 0 unspecified atom stereocenters. The van der Waals surface area contributed by atoms with Gasteiger partial charge in [0.05, 0.1) is 6.54 Å². The fraction of sp³-hybridized carbons (Fsp3) is 0.824. The molecule has 2 heterocycles. The Morgan fingerprint density at radius 3 is 2.58 bits per heavy atom. The molecule has 1 aliphatic rings. The normalized spacial score (nSPS) is 13.5. The zero-order valence-electron chi connectivity index (χ0n) is 15.2. The second kappa shape index (κ2) is 12.5. The van der Waals surface area contributed by atoms with Crippen molar-refractivity contribution >= 4 is 29.9 Å². The Balaban J connectivity index is 0.00000288. The quantitative estimate of drug-likeness (QED) is 0.250. The minimum absolute atomic E-state index is 0. The summed E-state index contributed by atoms with van der Waals surface area (Å²) < 4.78 is 2.22. The van der Waals surface area contributed by atoms with E-state index in [0.717, 1.165) is 37.1 Å². The first-order chi connectivity index (χ1) is 11.3. The number of nitrogens with one attached hydrogen (secondary N) is 2. The number of unbranched alkanes of at least 4 members (excludes halogenated alkanes) is 6. The van der Waals surface area contributed by atoms with Gasteiger partial charge < -0.3 is 15.2 Å². The number of hydrogen-bond acceptors (Lipinski definition) is 3. The maximum atomic E-state index is 4.28. The van der Waals surface area contributed by atoms with Gasteiger partial charge in [-0.1, -0.05) is 45.4 Å². The van der Waals surface area contributed by atoms with Gasteiger partial charge in [0.1, 0.15) is 5.82 Å². The largest absolute Gasteiger partial charge is 0.356 e. The van der Waals surface area contributed by atoms with Gasteiger partial charge in [-0.25, -0.2) is 0 Å². The zero-order valence-corrected chi connectivity index (χ0v) is 17.5. The summed E-state index contributed by atoms with van der Waals surface area (Å²) in [4.78, 5) is 4.28. The first-order valence-electron chi connectivity index (χ1n) is 9.20. The molecule has 1 aromatic heterocycles. The van der Waals surface area contributed by atoms with E-state index in [1.165, 1.54) is 51.4 Å². The van der Waals surface area contributed by atoms with Crippen LogP contribution in [0.15, 0.2) is 4.99 Å². The Hall–Kier alpha value is -0.860. The van der Waals surface area contributed by atoms with Crippen molar-refractivity contribution in [3.05, 3.63) is 11.6 Å². The summed E-state index contributed by atoms with van der Waals surface area (Å²) >= 11 is 0. The number of aryl methyl sites for hydroxylation is 1. The number of nitrogens with zero attached hydrogens (tertiary/aromatic N) is 4. The first-order valence-corrected chi connectivity index (χ1v) is 9.20. The maximum Gasteiger partial charge on any atom is 0.191 e. The average Bonchev–Trinajstić information content (AvgIpc) is 3.17. The standard InChI is InChI=1S/C17H32N6.HI/c1-3-4-5-6-7-8-9-12-19-17(18-2)20-14-16-22-21-15-11-10-13-23(15)16;/h3-14H2,1-2H3,(H2,18,19,20);1H. The van der Waals surface area contributed by atoms with Crippen LogP contribution in [0.4, 0.5) is 0 Å². The van der Waals surface area contributed by atoms with E-state index in [9.17, 15) is 0 Å². The topological polar surface area (TPSA) is 67.1 Å². The minimum atomic E-state index is 0. The lowest BCUT2D eigenvalue weighted by Crippen LogP contribution is -2.37. The third-order valence-corrected chi connectivity index (χ3v) is 4.40. The molecule has 0 saturated heterocycles. The van der Waals surface area contributed by atoms with Crippen molar-refractivity contribution < 1.29 is 0 Å². The molecule has 0 bridgehead atoms. The Morgan fingerprint density at radius 1 is 1.08 bits per heavy atom. The van der Waals surface area contributed by atoms with Crippen molar-refractivity contribution in [1.29, 1.82) is 0 Å². The predicted molar refractivity (Wildman–Crippen MR) is 110 cm³/mol. The summed E-state index contributed by atoms with van der Waals surface area (Å²) in [5, 5.41) is 15.2. The predicted octanol–water partition coefficient (Wildman–Crippen LogP) is 3.26. The van der Waals surface area contributed by atoms with E-state index >= 15 is 0 Å². The Labute approximate surface area is 163 Å². The number of aromatic nitrogens is 3. The van der Waals surface area contributed by atoms with Crippen molar-refractivity contribution in [2.45, 2.75) is 77.8 Å². The van der Waals surface area contributed by atoms with E-state index in [1.807, 2.05) is 7.05 Å². The van der Waals surface area contributed by atoms with Crippen LogP contribution in [-0.2, 0) is 19.5 Å². The third kappa shape index (κ3) is 6.94. The van der Waals surface area contributed by atoms with Crippen LogP contribution >= 0.6 is 24.0 Å². The maximum absolute atomic E-state index is 4.28. The third-order valence-electron chi connectivity index (χ3n) is 4.40. The molecule has 138 valence electrons. The van der Waals surface area contributed by atoms with E-state index in [1.54, 1.807) is 0 Å². The molecule has 2 N–H and O–H groups in total. The van der Waals surface area contributed by atoms with Gasteiger partial charge in [0.15, 0.2) is 11.8 Å². The average molecular weight is 448 g/mol. The highest BCUT2D eigenvalue weighted by Gasteiger charge is 2.16. The van der Waals surface area contributed by atoms with Gasteiger partial charge in [-0.05, 0) is 12.8 Å². The molecule has 0 fully saturated rings. The first kappa shape index (κ1) is 21.2. The van der Waals surface area contributed by atoms with E-state index in [4.69, 9.17) is 0 Å². The van der Waals surface area contributed by atoms with Crippen LogP contribution in [-0.4, -0.2) is 34.3 Å². The summed E-state index contributed by atoms with van der Waals surface area (Å²) in [7, 11) is 1.81. The molecule has 2 rings (SSSR count). The van der Waals surface area contributed by atoms with Gasteiger partial charge in [0.2, 0.25) is 0 Å². The van der Waals surface area contributed by atoms with Crippen LogP contribution in [0.25, 0.3) is 0 Å². The molecule has 6 nitrogen and oxygen atoms in total. The van der Waals surface area contributed by atoms with Gasteiger partial charge >= 0.3 is 0 Å². The second-order valence-corrected chi connectivity index (χ2v) is 6.26. The number of rotatable bonds is 10. The summed E-state index contributed by atoms with van der Waals surface area (Å²) in [6.45, 7) is 4.97. The van der Waals surface area contributed by atoms with Crippen molar-refractivity contribution in [2.75, 3.05) is 13.6 Å². The van der Waals surface area contributed by atoms with Gasteiger partial charge in [-0.3, -0.25) is 4.99 Å². The number of hydrogen-bond donors (Lipinski definition) is 2. The number of fused-ring (bicyclic) bond motifs is 1. The summed E-state index contributed by atoms with van der Waals surface area (Å²) in [6, 6.07) is 0. The van der Waals surface area contributed by atoms with Crippen molar-refractivity contribution in [2.24, 2.45) is 4.99 Å². The highest BCUT2D eigenvalue weighted by Crippen LogP contribution is 2.13. The lowest BCUT2D eigenvalue weighted by atomic mass is 10.1. The van der Waals surface area contributed by atoms with E-state index < -0.39 is 0 Å². The summed E-state index contributed by atoms with van der Waals surface area (Å²) in [5.74, 6) is 2.98. The van der Waals surface area contributed by atoms with Gasteiger partial charge in [0, 0.05) is 26.6 Å². The number of halogens is 1.